The van der Waals surface area contributed by atoms with E-state index < -0.39 is 6.04 Å². The van der Waals surface area contributed by atoms with Gasteiger partial charge < -0.3 is 16.0 Å². The number of nitrogens with one attached hydrogen (secondary N) is 3. The van der Waals surface area contributed by atoms with Crippen molar-refractivity contribution >= 4 is 23.4 Å². The number of hydrogen-bond donors (Lipinski definition) is 3. The highest BCUT2D eigenvalue weighted by Gasteiger charge is 2.21. The van der Waals surface area contributed by atoms with Crippen LogP contribution < -0.4 is 16.0 Å². The summed E-state index contributed by atoms with van der Waals surface area (Å²) in [6.45, 7) is 4.04. The van der Waals surface area contributed by atoms with Gasteiger partial charge >= 0.3 is 0 Å². The molecule has 2 amide bonds. The van der Waals surface area contributed by atoms with Gasteiger partial charge in [0.05, 0.1) is 0 Å². The Morgan fingerprint density at radius 2 is 1.69 bits per heavy atom. The first-order valence-corrected chi connectivity index (χ1v) is 9.06. The molecule has 0 aliphatic rings. The van der Waals surface area contributed by atoms with Crippen LogP contribution in [0.25, 0.3) is 0 Å². The molecule has 0 aliphatic heterocycles. The van der Waals surface area contributed by atoms with E-state index in [9.17, 15) is 9.59 Å². The normalized spacial score (nSPS) is 11.6. The van der Waals surface area contributed by atoms with Crippen molar-refractivity contribution in [1.82, 2.24) is 16.0 Å². The molecule has 0 spiro atoms. The Bertz CT molecular complexity index is 705. The van der Waals surface area contributed by atoms with Crippen LogP contribution in [-0.2, 0) is 11.2 Å². The van der Waals surface area contributed by atoms with Crippen molar-refractivity contribution in [2.45, 2.75) is 19.4 Å². The van der Waals surface area contributed by atoms with Crippen LogP contribution in [0.4, 0.5) is 0 Å². The Balaban J connectivity index is 2.05. The Morgan fingerprint density at radius 1 is 1.00 bits per heavy atom. The van der Waals surface area contributed by atoms with Gasteiger partial charge in [-0.05, 0) is 36.4 Å². The average Bonchev–Trinajstić information content (AvgIpc) is 2.66. The van der Waals surface area contributed by atoms with Crippen molar-refractivity contribution in [3.05, 3.63) is 70.7 Å². The molecule has 0 aliphatic carbocycles. The van der Waals surface area contributed by atoms with Crippen LogP contribution in [0.2, 0.25) is 5.02 Å². The lowest BCUT2D eigenvalue weighted by Crippen LogP contribution is -2.49. The molecule has 2 aromatic rings. The van der Waals surface area contributed by atoms with Gasteiger partial charge in [0.2, 0.25) is 5.91 Å². The molecule has 0 saturated carbocycles. The maximum absolute atomic E-state index is 12.6. The zero-order valence-electron chi connectivity index (χ0n) is 14.8. The maximum Gasteiger partial charge on any atom is 0.251 e. The van der Waals surface area contributed by atoms with E-state index in [1.54, 1.807) is 24.3 Å². The van der Waals surface area contributed by atoms with E-state index in [0.29, 0.717) is 30.1 Å². The minimum atomic E-state index is -0.651. The fraction of sp³-hybridized carbons (Fsp3) is 0.300. The highest BCUT2D eigenvalue weighted by atomic mass is 35.5. The molecule has 138 valence electrons. The Morgan fingerprint density at radius 3 is 2.35 bits per heavy atom. The van der Waals surface area contributed by atoms with Gasteiger partial charge in [-0.25, -0.2) is 0 Å². The van der Waals surface area contributed by atoms with Crippen LogP contribution in [0.5, 0.6) is 0 Å². The fourth-order valence-corrected chi connectivity index (χ4v) is 2.60. The molecule has 2 rings (SSSR count). The minimum absolute atomic E-state index is 0.200. The van der Waals surface area contributed by atoms with Crippen LogP contribution in [0.15, 0.2) is 54.6 Å². The second-order valence-corrected chi connectivity index (χ2v) is 6.30. The molecular weight excluding hydrogens is 350 g/mol. The summed E-state index contributed by atoms with van der Waals surface area (Å²) in [6, 6.07) is 15.6. The number of carbonyl (C=O) groups excluding carboxylic acids is 2. The summed E-state index contributed by atoms with van der Waals surface area (Å²) in [5.74, 6) is -0.501. The van der Waals surface area contributed by atoms with Crippen LogP contribution >= 0.6 is 11.6 Å². The lowest BCUT2D eigenvalue weighted by Gasteiger charge is -2.19. The third kappa shape index (κ3) is 6.50. The van der Waals surface area contributed by atoms with E-state index >= 15 is 0 Å². The summed E-state index contributed by atoms with van der Waals surface area (Å²) in [4.78, 5) is 25.0. The highest BCUT2D eigenvalue weighted by Crippen LogP contribution is 2.10. The third-order valence-electron chi connectivity index (χ3n) is 3.86. The summed E-state index contributed by atoms with van der Waals surface area (Å²) in [6.07, 6.45) is 0.424. The number of rotatable bonds is 9. The van der Waals surface area contributed by atoms with Crippen LogP contribution in [0.3, 0.4) is 0 Å². The molecule has 1 atom stereocenters. The van der Waals surface area contributed by atoms with Gasteiger partial charge in [0.15, 0.2) is 0 Å². The first kappa shape index (κ1) is 19.9. The molecule has 0 aromatic heterocycles. The lowest BCUT2D eigenvalue weighted by molar-refractivity contribution is -0.122. The summed E-state index contributed by atoms with van der Waals surface area (Å²) in [7, 11) is 0. The molecule has 3 N–H and O–H groups in total. The van der Waals surface area contributed by atoms with E-state index in [4.69, 9.17) is 11.6 Å². The predicted octanol–water partition coefficient (Wildman–Crippen LogP) is 2.41. The number of benzene rings is 2. The van der Waals surface area contributed by atoms with E-state index in [2.05, 4.69) is 16.0 Å². The van der Waals surface area contributed by atoms with Crippen LogP contribution in [0.1, 0.15) is 22.8 Å². The first-order chi connectivity index (χ1) is 12.6. The molecule has 26 heavy (non-hydrogen) atoms. The van der Waals surface area contributed by atoms with Crippen molar-refractivity contribution in [3.8, 4) is 0 Å². The number of carbonyl (C=O) groups is 2. The van der Waals surface area contributed by atoms with Gasteiger partial charge in [-0.3, -0.25) is 9.59 Å². The van der Waals surface area contributed by atoms with Gasteiger partial charge in [-0.2, -0.15) is 0 Å². The summed E-state index contributed by atoms with van der Waals surface area (Å²) >= 11 is 5.86. The van der Waals surface area contributed by atoms with Crippen LogP contribution in [0, 0.1) is 0 Å². The molecule has 0 bridgehead atoms. The Hall–Kier alpha value is -2.37. The van der Waals surface area contributed by atoms with Crippen molar-refractivity contribution < 1.29 is 9.59 Å². The second-order valence-electron chi connectivity index (χ2n) is 5.87. The SMILES string of the molecule is CCNCCNC(=O)C(Cc1ccccc1)NC(=O)c1ccc(Cl)cc1. The number of likely N-dealkylation sites (N-methyl/N-ethyl adjacent to an activating group) is 1. The number of amides is 2. The second kappa shape index (κ2) is 10.6. The Labute approximate surface area is 159 Å². The molecule has 1 unspecified atom stereocenters. The summed E-state index contributed by atoms with van der Waals surface area (Å²) < 4.78 is 0. The van der Waals surface area contributed by atoms with E-state index in [1.807, 2.05) is 37.3 Å². The van der Waals surface area contributed by atoms with Gasteiger partial charge in [-0.1, -0.05) is 48.9 Å². The molecule has 2 aromatic carbocycles. The highest BCUT2D eigenvalue weighted by molar-refractivity contribution is 6.30. The first-order valence-electron chi connectivity index (χ1n) is 8.69. The van der Waals surface area contributed by atoms with E-state index in [1.165, 1.54) is 0 Å². The molecule has 0 heterocycles. The molecule has 0 fully saturated rings. The largest absolute Gasteiger partial charge is 0.353 e. The topological polar surface area (TPSA) is 70.2 Å². The molecule has 5 nitrogen and oxygen atoms in total. The van der Waals surface area contributed by atoms with Crippen LogP contribution in [-0.4, -0.2) is 37.5 Å². The van der Waals surface area contributed by atoms with Gasteiger partial charge in [-0.15, -0.1) is 0 Å². The summed E-state index contributed by atoms with van der Waals surface area (Å²) in [5.41, 5.74) is 1.45. The van der Waals surface area contributed by atoms with E-state index in [0.717, 1.165) is 12.1 Å². The third-order valence-corrected chi connectivity index (χ3v) is 4.11. The fourth-order valence-electron chi connectivity index (χ4n) is 2.48. The van der Waals surface area contributed by atoms with Crippen molar-refractivity contribution in [2.75, 3.05) is 19.6 Å². The monoisotopic (exact) mass is 373 g/mol. The molecular formula is C20H24ClN3O2. The lowest BCUT2D eigenvalue weighted by atomic mass is 10.0. The quantitative estimate of drug-likeness (QED) is 0.591. The minimum Gasteiger partial charge on any atom is -0.353 e. The average molecular weight is 374 g/mol. The van der Waals surface area contributed by atoms with E-state index in [-0.39, 0.29) is 11.8 Å². The zero-order valence-corrected chi connectivity index (χ0v) is 15.6. The standard InChI is InChI=1S/C20H24ClN3O2/c1-2-22-12-13-23-20(26)18(14-15-6-4-3-5-7-15)24-19(25)16-8-10-17(21)11-9-16/h3-11,18,22H,2,12-14H2,1H3,(H,23,26)(H,24,25). The number of halogens is 1. The predicted molar refractivity (Wildman–Crippen MR) is 104 cm³/mol. The van der Waals surface area contributed by atoms with Gasteiger partial charge in [0.25, 0.3) is 5.91 Å². The van der Waals surface area contributed by atoms with Crippen molar-refractivity contribution in [3.63, 3.8) is 0 Å². The molecule has 6 heteroatoms. The van der Waals surface area contributed by atoms with Gasteiger partial charge in [0, 0.05) is 30.1 Å². The Kier molecular flexibility index (Phi) is 8.12. The van der Waals surface area contributed by atoms with Gasteiger partial charge in [0.1, 0.15) is 6.04 Å². The van der Waals surface area contributed by atoms with Crippen molar-refractivity contribution in [2.24, 2.45) is 0 Å². The maximum atomic E-state index is 12.6. The van der Waals surface area contributed by atoms with Crippen molar-refractivity contribution in [1.29, 1.82) is 0 Å². The molecule has 0 radical (unpaired) electrons. The molecule has 0 saturated heterocycles. The smallest absolute Gasteiger partial charge is 0.251 e. The number of hydrogen-bond acceptors (Lipinski definition) is 3. The zero-order chi connectivity index (χ0) is 18.8. The summed E-state index contributed by atoms with van der Waals surface area (Å²) in [5, 5.41) is 9.40.